The maximum Gasteiger partial charge on any atom is 0.151 e. The summed E-state index contributed by atoms with van der Waals surface area (Å²) in [5.41, 5.74) is 6.99. The highest BCUT2D eigenvalue weighted by Gasteiger charge is 2.11. The third-order valence-electron chi connectivity index (χ3n) is 3.04. The average molecular weight is 501 g/mol. The van der Waals surface area contributed by atoms with E-state index in [-0.39, 0.29) is 41.6 Å². The molecule has 0 aromatic heterocycles. The number of hydrogen-bond acceptors (Lipinski definition) is 3. The van der Waals surface area contributed by atoms with Crippen LogP contribution >= 0.6 is 58.9 Å². The highest BCUT2D eigenvalue weighted by molar-refractivity contribution is 14.0. The van der Waals surface area contributed by atoms with Gasteiger partial charge in [0, 0.05) is 21.4 Å². The summed E-state index contributed by atoms with van der Waals surface area (Å²) in [6.07, 6.45) is 0.596. The molecule has 0 aliphatic carbocycles. The first kappa shape index (κ1) is 21.3. The summed E-state index contributed by atoms with van der Waals surface area (Å²) < 4.78 is 18.7. The second-order valence-electron chi connectivity index (χ2n) is 4.74. The molecule has 0 saturated carbocycles. The Morgan fingerprint density at radius 3 is 2.50 bits per heavy atom. The van der Waals surface area contributed by atoms with Gasteiger partial charge >= 0.3 is 0 Å². The molecule has 24 heavy (non-hydrogen) atoms. The average Bonchev–Trinajstić information content (AvgIpc) is 2.48. The normalized spacial score (nSPS) is 10.1. The molecule has 0 bridgehead atoms. The van der Waals surface area contributed by atoms with Gasteiger partial charge < -0.3 is 10.5 Å². The first-order valence-electron chi connectivity index (χ1n) is 6.77. The van der Waals surface area contributed by atoms with Gasteiger partial charge in [0.15, 0.2) is 5.17 Å². The molecule has 2 rings (SSSR count). The van der Waals surface area contributed by atoms with Crippen LogP contribution in [0.4, 0.5) is 4.39 Å². The van der Waals surface area contributed by atoms with Gasteiger partial charge in [-0.2, -0.15) is 0 Å². The number of hydrogen-bond donors (Lipinski definition) is 2. The molecule has 0 spiro atoms. The molecule has 0 aliphatic heterocycles. The van der Waals surface area contributed by atoms with Crippen molar-refractivity contribution in [3.05, 3.63) is 63.4 Å². The molecule has 2 aromatic carbocycles. The van der Waals surface area contributed by atoms with Crippen molar-refractivity contribution < 1.29 is 9.13 Å². The van der Waals surface area contributed by atoms with E-state index in [1.165, 1.54) is 23.9 Å². The van der Waals surface area contributed by atoms with Crippen molar-refractivity contribution in [3.63, 3.8) is 0 Å². The lowest BCUT2D eigenvalue weighted by Crippen LogP contribution is -2.06. The summed E-state index contributed by atoms with van der Waals surface area (Å²) in [4.78, 5) is 0. The minimum absolute atomic E-state index is 0. The Bertz CT molecular complexity index is 701. The van der Waals surface area contributed by atoms with Gasteiger partial charge in [0.2, 0.25) is 0 Å². The van der Waals surface area contributed by atoms with Crippen molar-refractivity contribution in [1.82, 2.24) is 0 Å². The summed E-state index contributed by atoms with van der Waals surface area (Å²) >= 11 is 13.5. The van der Waals surface area contributed by atoms with Crippen LogP contribution in [-0.2, 0) is 13.0 Å². The Morgan fingerprint density at radius 2 is 1.88 bits per heavy atom. The van der Waals surface area contributed by atoms with Crippen LogP contribution in [0.25, 0.3) is 0 Å². The predicted octanol–water partition coefficient (Wildman–Crippen LogP) is 5.50. The Kier molecular flexibility index (Phi) is 9.18. The van der Waals surface area contributed by atoms with Crippen molar-refractivity contribution in [2.24, 2.45) is 5.73 Å². The van der Waals surface area contributed by atoms with E-state index in [9.17, 15) is 4.39 Å². The van der Waals surface area contributed by atoms with E-state index >= 15 is 0 Å². The van der Waals surface area contributed by atoms with E-state index in [2.05, 4.69) is 0 Å². The van der Waals surface area contributed by atoms with E-state index in [0.717, 1.165) is 11.1 Å². The van der Waals surface area contributed by atoms with Crippen LogP contribution in [0.2, 0.25) is 10.0 Å². The third kappa shape index (κ3) is 6.66. The Balaban J connectivity index is 0.00000288. The highest BCUT2D eigenvalue weighted by atomic mass is 127. The Morgan fingerprint density at radius 1 is 1.21 bits per heavy atom. The number of halogens is 4. The van der Waals surface area contributed by atoms with Gasteiger partial charge in [-0.1, -0.05) is 47.1 Å². The molecule has 8 heteroatoms. The molecule has 0 unspecified atom stereocenters. The zero-order chi connectivity index (χ0) is 16.8. The van der Waals surface area contributed by atoms with Gasteiger partial charge in [0.1, 0.15) is 18.2 Å². The van der Waals surface area contributed by atoms with Crippen LogP contribution in [0.15, 0.2) is 36.4 Å². The Labute approximate surface area is 171 Å². The van der Waals surface area contributed by atoms with Crippen LogP contribution < -0.4 is 10.5 Å². The molecule has 3 nitrogen and oxygen atoms in total. The molecule has 2 aromatic rings. The van der Waals surface area contributed by atoms with Gasteiger partial charge in [-0.25, -0.2) is 4.39 Å². The molecule has 0 atom stereocenters. The van der Waals surface area contributed by atoms with Gasteiger partial charge in [0.25, 0.3) is 0 Å². The number of amidine groups is 1. The van der Waals surface area contributed by atoms with E-state index in [1.807, 2.05) is 0 Å². The van der Waals surface area contributed by atoms with Crippen LogP contribution in [0.3, 0.4) is 0 Å². The smallest absolute Gasteiger partial charge is 0.151 e. The van der Waals surface area contributed by atoms with E-state index in [4.69, 9.17) is 39.1 Å². The van der Waals surface area contributed by atoms with Gasteiger partial charge in [-0.05, 0) is 36.2 Å². The lowest BCUT2D eigenvalue weighted by molar-refractivity contribution is 0.303. The van der Waals surface area contributed by atoms with Crippen LogP contribution in [0, 0.1) is 11.2 Å². The first-order valence-corrected chi connectivity index (χ1v) is 8.52. The topological polar surface area (TPSA) is 59.1 Å². The molecule has 0 radical (unpaired) electrons. The maximum absolute atomic E-state index is 12.9. The van der Waals surface area contributed by atoms with Gasteiger partial charge in [0.05, 0.1) is 0 Å². The molecule has 0 fully saturated rings. The first-order chi connectivity index (χ1) is 11.0. The summed E-state index contributed by atoms with van der Waals surface area (Å²) in [5.74, 6) is 0.904. The second-order valence-corrected chi connectivity index (χ2v) is 6.72. The van der Waals surface area contributed by atoms with Crippen LogP contribution in [-0.4, -0.2) is 10.9 Å². The van der Waals surface area contributed by atoms with Crippen LogP contribution in [0.5, 0.6) is 5.75 Å². The maximum atomic E-state index is 12.9. The van der Waals surface area contributed by atoms with Crippen molar-refractivity contribution in [3.8, 4) is 5.75 Å². The largest absolute Gasteiger partial charge is 0.489 e. The number of nitrogens with one attached hydrogen (secondary N) is 1. The van der Waals surface area contributed by atoms with Crippen molar-refractivity contribution in [1.29, 1.82) is 5.41 Å². The fourth-order valence-electron chi connectivity index (χ4n) is 1.96. The molecular formula is C16H16Cl2FIN2OS. The minimum Gasteiger partial charge on any atom is -0.489 e. The highest BCUT2D eigenvalue weighted by Crippen LogP contribution is 2.32. The number of benzene rings is 2. The summed E-state index contributed by atoms with van der Waals surface area (Å²) in [7, 11) is 0. The summed E-state index contributed by atoms with van der Waals surface area (Å²) in [5, 5.41) is 8.28. The third-order valence-corrected chi connectivity index (χ3v) is 4.31. The van der Waals surface area contributed by atoms with Crippen molar-refractivity contribution in [2.45, 2.75) is 13.0 Å². The lowest BCUT2D eigenvalue weighted by Gasteiger charge is -2.14. The molecular weight excluding hydrogens is 485 g/mol. The standard InChI is InChI=1S/C16H15Cl2FN2OS.HI/c17-11-7-14(18)13(5-6-23-16(20)21)15(8-11)22-9-10-1-3-12(19)4-2-10;/h1-4,7-8H,5-6,9H2,(H3,20,21);1H. The number of ether oxygens (including phenoxy) is 1. The fourth-order valence-corrected chi connectivity index (χ4v) is 3.05. The zero-order valence-corrected chi connectivity index (χ0v) is 17.2. The number of thioether (sulfide) groups is 1. The van der Waals surface area contributed by atoms with E-state index in [1.54, 1.807) is 24.3 Å². The molecule has 0 heterocycles. The predicted molar refractivity (Wildman–Crippen MR) is 111 cm³/mol. The van der Waals surface area contributed by atoms with Gasteiger partial charge in [-0.3, -0.25) is 5.41 Å². The summed E-state index contributed by atoms with van der Waals surface area (Å²) in [6, 6.07) is 9.44. The summed E-state index contributed by atoms with van der Waals surface area (Å²) in [6.45, 7) is 0.282. The molecule has 0 aliphatic rings. The zero-order valence-electron chi connectivity index (χ0n) is 12.5. The van der Waals surface area contributed by atoms with Crippen molar-refractivity contribution >= 4 is 64.1 Å². The molecule has 0 saturated heterocycles. The molecule has 0 amide bonds. The SMILES string of the molecule is I.N=C(N)SCCc1c(Cl)cc(Cl)cc1OCc1ccc(F)cc1. The molecule has 3 N–H and O–H groups in total. The quantitative estimate of drug-likeness (QED) is 0.313. The fraction of sp³-hybridized carbons (Fsp3) is 0.188. The molecule has 130 valence electrons. The lowest BCUT2D eigenvalue weighted by atomic mass is 10.1. The monoisotopic (exact) mass is 500 g/mol. The number of nitrogens with two attached hydrogens (primary N) is 1. The van der Waals surface area contributed by atoms with E-state index in [0.29, 0.717) is 28.0 Å². The second kappa shape index (κ2) is 10.3. The number of rotatable bonds is 6. The van der Waals surface area contributed by atoms with Crippen molar-refractivity contribution in [2.75, 3.05) is 5.75 Å². The van der Waals surface area contributed by atoms with Crippen LogP contribution in [0.1, 0.15) is 11.1 Å². The van der Waals surface area contributed by atoms with E-state index < -0.39 is 0 Å². The Hall–Kier alpha value is -0.700. The minimum atomic E-state index is -0.290. The van der Waals surface area contributed by atoms with Gasteiger partial charge in [-0.15, -0.1) is 24.0 Å².